The molecule has 1 unspecified atom stereocenters. The topological polar surface area (TPSA) is 107 Å². The van der Waals surface area contributed by atoms with Crippen LogP contribution in [0.2, 0.25) is 0 Å². The number of carboxylic acids is 1. The number of rotatable bonds is 5. The number of carboxylic acid groups (broad SMARTS) is 1. The molecule has 0 aliphatic rings. The van der Waals surface area contributed by atoms with E-state index in [1.165, 1.54) is 19.2 Å². The molecule has 0 amide bonds. The first-order valence-corrected chi connectivity index (χ1v) is 6.24. The third-order valence-corrected chi connectivity index (χ3v) is 3.11. The zero-order valence-corrected chi connectivity index (χ0v) is 10.3. The van der Waals surface area contributed by atoms with Crippen LogP contribution in [-0.4, -0.2) is 32.6 Å². The van der Waals surface area contributed by atoms with E-state index in [1.807, 2.05) is 0 Å². The summed E-state index contributed by atoms with van der Waals surface area (Å²) in [5, 5.41) is 8.63. The van der Waals surface area contributed by atoms with E-state index in [4.69, 9.17) is 15.6 Å². The van der Waals surface area contributed by atoms with Crippen molar-refractivity contribution in [2.45, 2.75) is 17.4 Å². The summed E-state index contributed by atoms with van der Waals surface area (Å²) >= 11 is 0. The second kappa shape index (κ2) is 5.32. The summed E-state index contributed by atoms with van der Waals surface area (Å²) in [5.74, 6) is -1.37. The van der Waals surface area contributed by atoms with Gasteiger partial charge in [0.25, 0.3) is 0 Å². The van der Waals surface area contributed by atoms with Gasteiger partial charge in [-0.3, -0.25) is 4.79 Å². The molecule has 6 nitrogen and oxygen atoms in total. The average Bonchev–Trinajstić information content (AvgIpc) is 2.27. The molecule has 8 heteroatoms. The van der Waals surface area contributed by atoms with Gasteiger partial charge in [0, 0.05) is 0 Å². The van der Waals surface area contributed by atoms with E-state index < -0.39 is 27.1 Å². The van der Waals surface area contributed by atoms with Crippen LogP contribution in [0.3, 0.4) is 0 Å². The van der Waals surface area contributed by atoms with Crippen molar-refractivity contribution in [2.75, 3.05) is 7.11 Å². The Labute approximate surface area is 103 Å². The fourth-order valence-electron chi connectivity index (χ4n) is 1.38. The highest BCUT2D eigenvalue weighted by atomic mass is 32.3. The van der Waals surface area contributed by atoms with Crippen LogP contribution >= 0.6 is 0 Å². The Kier molecular flexibility index (Phi) is 4.25. The molecule has 100 valence electrons. The van der Waals surface area contributed by atoms with Crippen LogP contribution in [0, 0.1) is 0 Å². The molecule has 1 rings (SSSR count). The van der Waals surface area contributed by atoms with Gasteiger partial charge in [-0.15, -0.1) is 3.89 Å². The van der Waals surface area contributed by atoms with Crippen LogP contribution in [0.5, 0.6) is 5.75 Å². The Morgan fingerprint density at radius 3 is 2.61 bits per heavy atom. The summed E-state index contributed by atoms with van der Waals surface area (Å²) in [7, 11) is -3.74. The number of hydrogen-bond donors (Lipinski definition) is 2. The second-order valence-electron chi connectivity index (χ2n) is 3.57. The SMILES string of the molecule is COc1ccc(CC(N)C(=O)O)cc1S(=O)(=O)F. The molecule has 0 spiro atoms. The maximum absolute atomic E-state index is 13.0. The minimum Gasteiger partial charge on any atom is -0.495 e. The Balaban J connectivity index is 3.15. The molecule has 1 atom stereocenters. The van der Waals surface area contributed by atoms with Crippen LogP contribution in [0.1, 0.15) is 5.56 Å². The first-order valence-electron chi connectivity index (χ1n) is 4.85. The van der Waals surface area contributed by atoms with Gasteiger partial charge in [0.1, 0.15) is 16.7 Å². The Morgan fingerprint density at radius 1 is 1.56 bits per heavy atom. The van der Waals surface area contributed by atoms with Crippen molar-refractivity contribution in [1.82, 2.24) is 0 Å². The molecule has 1 aromatic carbocycles. The van der Waals surface area contributed by atoms with E-state index in [2.05, 4.69) is 0 Å². The largest absolute Gasteiger partial charge is 0.495 e. The first kappa shape index (κ1) is 14.4. The maximum atomic E-state index is 13.0. The van der Waals surface area contributed by atoms with Gasteiger partial charge in [0.2, 0.25) is 0 Å². The third kappa shape index (κ3) is 3.41. The van der Waals surface area contributed by atoms with Gasteiger partial charge in [0.05, 0.1) is 7.11 Å². The molecule has 0 radical (unpaired) electrons. The lowest BCUT2D eigenvalue weighted by Crippen LogP contribution is -2.32. The fraction of sp³-hybridized carbons (Fsp3) is 0.300. The monoisotopic (exact) mass is 277 g/mol. The van der Waals surface area contributed by atoms with Gasteiger partial charge in [-0.1, -0.05) is 6.07 Å². The Morgan fingerprint density at radius 2 is 2.17 bits per heavy atom. The van der Waals surface area contributed by atoms with Crippen molar-refractivity contribution >= 4 is 16.2 Å². The molecule has 0 fully saturated rings. The number of ether oxygens (including phenoxy) is 1. The smallest absolute Gasteiger partial charge is 0.335 e. The normalized spacial score (nSPS) is 13.1. The van der Waals surface area contributed by atoms with Crippen molar-refractivity contribution in [1.29, 1.82) is 0 Å². The molecule has 18 heavy (non-hydrogen) atoms. The van der Waals surface area contributed by atoms with E-state index >= 15 is 0 Å². The molecule has 0 saturated carbocycles. The van der Waals surface area contributed by atoms with Gasteiger partial charge in [0.15, 0.2) is 0 Å². The van der Waals surface area contributed by atoms with Crippen molar-refractivity contribution < 1.29 is 26.9 Å². The predicted molar refractivity (Wildman–Crippen MR) is 60.6 cm³/mol. The number of hydrogen-bond acceptors (Lipinski definition) is 5. The van der Waals surface area contributed by atoms with Gasteiger partial charge in [-0.05, 0) is 24.1 Å². The maximum Gasteiger partial charge on any atom is 0.335 e. The highest BCUT2D eigenvalue weighted by Gasteiger charge is 2.20. The lowest BCUT2D eigenvalue weighted by molar-refractivity contribution is -0.138. The van der Waals surface area contributed by atoms with Crippen LogP contribution in [-0.2, 0) is 21.4 Å². The van der Waals surface area contributed by atoms with Gasteiger partial charge in [-0.25, -0.2) is 0 Å². The predicted octanol–water partition coefficient (Wildman–Crippen LogP) is 0.308. The second-order valence-corrected chi connectivity index (χ2v) is 4.89. The highest BCUT2D eigenvalue weighted by molar-refractivity contribution is 7.86. The van der Waals surface area contributed by atoms with Crippen molar-refractivity contribution in [3.63, 3.8) is 0 Å². The number of nitrogens with two attached hydrogens (primary N) is 1. The summed E-state index contributed by atoms with van der Waals surface area (Å²) in [6.07, 6.45) is -0.109. The van der Waals surface area contributed by atoms with Gasteiger partial charge < -0.3 is 15.6 Å². The number of aliphatic carboxylic acids is 1. The number of halogens is 1. The third-order valence-electron chi connectivity index (χ3n) is 2.26. The molecule has 0 aromatic heterocycles. The number of methoxy groups -OCH3 is 1. The van der Waals surface area contributed by atoms with Crippen LogP contribution in [0.25, 0.3) is 0 Å². The molecule has 1 aromatic rings. The molecule has 0 aliphatic carbocycles. The van der Waals surface area contributed by atoms with Gasteiger partial charge >= 0.3 is 16.2 Å². The molecule has 0 heterocycles. The molecule has 3 N–H and O–H groups in total. The van der Waals surface area contributed by atoms with Crippen LogP contribution < -0.4 is 10.5 Å². The van der Waals surface area contributed by atoms with Crippen molar-refractivity contribution in [3.05, 3.63) is 23.8 Å². The summed E-state index contributed by atoms with van der Waals surface area (Å²) < 4.78 is 39.5. The Bertz CT molecular complexity index is 557. The fourth-order valence-corrected chi connectivity index (χ4v) is 2.06. The standard InChI is InChI=1S/C10H12FNO5S/c1-17-8-3-2-6(4-7(12)10(13)14)5-9(8)18(11,15)16/h2-3,5,7H,4,12H2,1H3,(H,13,14). The van der Waals surface area contributed by atoms with Crippen LogP contribution in [0.4, 0.5) is 3.89 Å². The average molecular weight is 277 g/mol. The number of carbonyl (C=O) groups is 1. The molecule has 0 saturated heterocycles. The summed E-state index contributed by atoms with van der Waals surface area (Å²) in [4.78, 5) is 9.93. The lowest BCUT2D eigenvalue weighted by Gasteiger charge is -2.09. The number of benzene rings is 1. The zero-order valence-electron chi connectivity index (χ0n) is 9.46. The van der Waals surface area contributed by atoms with Crippen LogP contribution in [0.15, 0.2) is 23.1 Å². The molecular weight excluding hydrogens is 265 g/mol. The highest BCUT2D eigenvalue weighted by Crippen LogP contribution is 2.26. The minimum atomic E-state index is -4.94. The molecule has 0 aliphatic heterocycles. The summed E-state index contributed by atoms with van der Waals surface area (Å²) in [6, 6.07) is 2.50. The van der Waals surface area contributed by atoms with E-state index in [1.54, 1.807) is 0 Å². The van der Waals surface area contributed by atoms with Crippen molar-refractivity contribution in [2.24, 2.45) is 5.73 Å². The first-order chi connectivity index (χ1) is 8.25. The quantitative estimate of drug-likeness (QED) is 0.750. The van der Waals surface area contributed by atoms with Crippen molar-refractivity contribution in [3.8, 4) is 5.75 Å². The Hall–Kier alpha value is -1.67. The summed E-state index contributed by atoms with van der Waals surface area (Å²) in [5.41, 5.74) is 5.60. The molecule has 0 bridgehead atoms. The van der Waals surface area contributed by atoms with E-state index in [9.17, 15) is 17.1 Å². The summed E-state index contributed by atoms with van der Waals surface area (Å²) in [6.45, 7) is 0. The lowest BCUT2D eigenvalue weighted by atomic mass is 10.1. The van der Waals surface area contributed by atoms with E-state index in [0.29, 0.717) is 5.56 Å². The zero-order chi connectivity index (χ0) is 13.9. The van der Waals surface area contributed by atoms with Gasteiger partial charge in [-0.2, -0.15) is 8.42 Å². The van der Waals surface area contributed by atoms with E-state index in [-0.39, 0.29) is 12.2 Å². The van der Waals surface area contributed by atoms with E-state index in [0.717, 1.165) is 6.07 Å². The molecular formula is C10H12FNO5S. The minimum absolute atomic E-state index is 0.109.